The van der Waals surface area contributed by atoms with Gasteiger partial charge >= 0.3 is 0 Å². The van der Waals surface area contributed by atoms with Crippen LogP contribution in [0.15, 0.2) is 4.52 Å². The largest absolute Gasteiger partial charge is 0.479 e. The smallest absolute Gasteiger partial charge is 0.258 e. The highest BCUT2D eigenvalue weighted by Gasteiger charge is 2.23. The van der Waals surface area contributed by atoms with E-state index >= 15 is 0 Å². The number of methoxy groups -OCH3 is 1. The molecule has 0 aliphatic carbocycles. The van der Waals surface area contributed by atoms with Crippen LogP contribution in [-0.2, 0) is 13.0 Å². The predicted octanol–water partition coefficient (Wildman–Crippen LogP) is 1.48. The monoisotopic (exact) mass is 218 g/mol. The Bertz CT molecular complexity index is 288. The van der Waals surface area contributed by atoms with E-state index in [-0.39, 0.29) is 12.4 Å². The molecule has 1 aliphatic heterocycles. The quantitative estimate of drug-likeness (QED) is 0.754. The number of nitrogens with zero attached hydrogens (tertiary/aromatic N) is 2. The van der Waals surface area contributed by atoms with Crippen molar-refractivity contribution in [1.82, 2.24) is 10.1 Å². The van der Waals surface area contributed by atoms with Crippen LogP contribution in [0, 0.1) is 0 Å². The number of fused-ring (bicyclic) bond motifs is 1. The van der Waals surface area contributed by atoms with Gasteiger partial charge in [0.2, 0.25) is 0 Å². The minimum Gasteiger partial charge on any atom is -0.479 e. The lowest BCUT2D eigenvalue weighted by Gasteiger charge is -2.23. The number of hydrogen-bond donors (Lipinski definition) is 0. The van der Waals surface area contributed by atoms with Gasteiger partial charge in [0.05, 0.1) is 12.7 Å². The van der Waals surface area contributed by atoms with Crippen molar-refractivity contribution in [3.63, 3.8) is 0 Å². The maximum absolute atomic E-state index is 5.17. The van der Waals surface area contributed by atoms with Crippen molar-refractivity contribution in [2.24, 2.45) is 0 Å². The Kier molecular flexibility index (Phi) is 3.77. The zero-order valence-electron chi connectivity index (χ0n) is 8.45. The molecule has 0 bridgehead atoms. The molecule has 4 nitrogen and oxygen atoms in total. The van der Waals surface area contributed by atoms with E-state index in [0.29, 0.717) is 5.88 Å². The molecule has 0 radical (unpaired) electrons. The first-order chi connectivity index (χ1) is 6.35. The van der Waals surface area contributed by atoms with Crippen molar-refractivity contribution in [3.05, 3.63) is 11.3 Å². The third-order valence-electron chi connectivity index (χ3n) is 2.51. The Morgan fingerprint density at radius 2 is 2.36 bits per heavy atom. The fraction of sp³-hybridized carbons (Fsp3) is 0.667. The molecule has 0 saturated carbocycles. The minimum absolute atomic E-state index is 0. The van der Waals surface area contributed by atoms with E-state index in [1.165, 1.54) is 0 Å². The summed E-state index contributed by atoms with van der Waals surface area (Å²) in [6, 6.07) is 0. The van der Waals surface area contributed by atoms with Crippen molar-refractivity contribution < 1.29 is 9.26 Å². The second-order valence-electron chi connectivity index (χ2n) is 3.21. The molecule has 0 unspecified atom stereocenters. The summed E-state index contributed by atoms with van der Waals surface area (Å²) in [6.07, 6.45) is 0.944. The second kappa shape index (κ2) is 4.66. The highest BCUT2D eigenvalue weighted by atomic mass is 35.5. The molecule has 1 aliphatic rings. The molecular weight excluding hydrogens is 204 g/mol. The highest BCUT2D eigenvalue weighted by Crippen LogP contribution is 2.26. The second-order valence-corrected chi connectivity index (χ2v) is 3.21. The molecule has 0 spiro atoms. The van der Waals surface area contributed by atoms with Gasteiger partial charge < -0.3 is 9.26 Å². The molecule has 0 amide bonds. The van der Waals surface area contributed by atoms with Crippen LogP contribution in [0.2, 0.25) is 0 Å². The average molecular weight is 219 g/mol. The molecule has 0 saturated heterocycles. The van der Waals surface area contributed by atoms with E-state index in [0.717, 1.165) is 37.4 Å². The van der Waals surface area contributed by atoms with Crippen molar-refractivity contribution in [3.8, 4) is 5.88 Å². The van der Waals surface area contributed by atoms with Gasteiger partial charge in [-0.2, -0.15) is 0 Å². The van der Waals surface area contributed by atoms with Crippen LogP contribution in [0.3, 0.4) is 0 Å². The first-order valence-electron chi connectivity index (χ1n) is 4.59. The fourth-order valence-corrected chi connectivity index (χ4v) is 1.67. The van der Waals surface area contributed by atoms with Crippen LogP contribution < -0.4 is 4.74 Å². The van der Waals surface area contributed by atoms with Gasteiger partial charge in [0.25, 0.3) is 5.88 Å². The van der Waals surface area contributed by atoms with Crippen LogP contribution >= 0.6 is 12.4 Å². The summed E-state index contributed by atoms with van der Waals surface area (Å²) >= 11 is 0. The predicted molar refractivity (Wildman–Crippen MR) is 55.0 cm³/mol. The van der Waals surface area contributed by atoms with E-state index in [4.69, 9.17) is 9.26 Å². The van der Waals surface area contributed by atoms with Gasteiger partial charge in [-0.1, -0.05) is 6.92 Å². The van der Waals surface area contributed by atoms with E-state index in [1.807, 2.05) is 0 Å². The summed E-state index contributed by atoms with van der Waals surface area (Å²) < 4.78 is 10.3. The van der Waals surface area contributed by atoms with Crippen molar-refractivity contribution in [2.45, 2.75) is 19.9 Å². The summed E-state index contributed by atoms with van der Waals surface area (Å²) in [6.45, 7) is 5.18. The summed E-state index contributed by atoms with van der Waals surface area (Å²) in [5.41, 5.74) is 1.12. The Balaban J connectivity index is 0.000000980. The van der Waals surface area contributed by atoms with Gasteiger partial charge in [0.15, 0.2) is 0 Å². The summed E-state index contributed by atoms with van der Waals surface area (Å²) in [4.78, 5) is 2.35. The van der Waals surface area contributed by atoms with E-state index in [2.05, 4.69) is 17.0 Å². The van der Waals surface area contributed by atoms with Crippen molar-refractivity contribution in [1.29, 1.82) is 0 Å². The first kappa shape index (κ1) is 11.3. The van der Waals surface area contributed by atoms with E-state index < -0.39 is 0 Å². The van der Waals surface area contributed by atoms with E-state index in [9.17, 15) is 0 Å². The van der Waals surface area contributed by atoms with Crippen LogP contribution in [0.1, 0.15) is 18.2 Å². The molecule has 0 fully saturated rings. The molecule has 2 rings (SSSR count). The summed E-state index contributed by atoms with van der Waals surface area (Å²) in [5, 5.41) is 3.86. The fourth-order valence-electron chi connectivity index (χ4n) is 1.67. The highest BCUT2D eigenvalue weighted by molar-refractivity contribution is 5.85. The van der Waals surface area contributed by atoms with Crippen molar-refractivity contribution >= 4 is 12.4 Å². The van der Waals surface area contributed by atoms with Gasteiger partial charge in [0.1, 0.15) is 5.76 Å². The number of hydrogen-bond acceptors (Lipinski definition) is 4. The number of ether oxygens (including phenoxy) is 1. The molecule has 5 heteroatoms. The molecule has 0 atom stereocenters. The molecule has 14 heavy (non-hydrogen) atoms. The zero-order valence-corrected chi connectivity index (χ0v) is 9.26. The van der Waals surface area contributed by atoms with Crippen LogP contribution in [-0.4, -0.2) is 30.3 Å². The minimum atomic E-state index is 0. The number of halogens is 1. The Morgan fingerprint density at radius 1 is 1.57 bits per heavy atom. The van der Waals surface area contributed by atoms with Crippen LogP contribution in [0.25, 0.3) is 0 Å². The lowest BCUT2D eigenvalue weighted by Crippen LogP contribution is -2.29. The third-order valence-corrected chi connectivity index (χ3v) is 2.51. The number of rotatable bonds is 2. The van der Waals surface area contributed by atoms with Gasteiger partial charge in [-0.3, -0.25) is 4.90 Å². The molecule has 80 valence electrons. The standard InChI is InChI=1S/C9H14N2O2.ClH/c1-3-11-5-4-8-7(6-11)9(12-2)10-13-8;/h3-6H2,1-2H3;1H. The Hall–Kier alpha value is -0.740. The maximum Gasteiger partial charge on any atom is 0.258 e. The lowest BCUT2D eigenvalue weighted by atomic mass is 10.1. The molecular formula is C9H15ClN2O2. The molecule has 2 heterocycles. The third kappa shape index (κ3) is 1.86. The Labute approximate surface area is 89.6 Å². The first-order valence-corrected chi connectivity index (χ1v) is 4.59. The molecule has 0 aromatic carbocycles. The lowest BCUT2D eigenvalue weighted by molar-refractivity contribution is 0.247. The topological polar surface area (TPSA) is 38.5 Å². The van der Waals surface area contributed by atoms with Crippen molar-refractivity contribution in [2.75, 3.05) is 20.2 Å². The van der Waals surface area contributed by atoms with Gasteiger partial charge in [-0.25, -0.2) is 0 Å². The van der Waals surface area contributed by atoms with Gasteiger partial charge in [0, 0.05) is 19.5 Å². The summed E-state index contributed by atoms with van der Waals surface area (Å²) in [7, 11) is 1.63. The average Bonchev–Trinajstić information content (AvgIpc) is 2.59. The summed E-state index contributed by atoms with van der Waals surface area (Å²) in [5.74, 6) is 1.63. The maximum atomic E-state index is 5.17. The van der Waals surface area contributed by atoms with Crippen LogP contribution in [0.5, 0.6) is 5.88 Å². The molecule has 1 aromatic heterocycles. The van der Waals surface area contributed by atoms with E-state index in [1.54, 1.807) is 7.11 Å². The number of likely N-dealkylation sites (N-methyl/N-ethyl adjacent to an activating group) is 1. The normalized spacial score (nSPS) is 15.9. The zero-order chi connectivity index (χ0) is 9.26. The van der Waals surface area contributed by atoms with Gasteiger partial charge in [-0.05, 0) is 11.7 Å². The molecule has 0 N–H and O–H groups in total. The number of aromatic nitrogens is 1. The molecule has 1 aromatic rings. The SMILES string of the molecule is CCN1CCc2onc(OC)c2C1.Cl. The van der Waals surface area contributed by atoms with Crippen LogP contribution in [0.4, 0.5) is 0 Å². The van der Waals surface area contributed by atoms with Gasteiger partial charge in [-0.15, -0.1) is 12.4 Å². The Morgan fingerprint density at radius 3 is 3.00 bits per heavy atom.